The normalized spacial score (nSPS) is 16.1. The highest BCUT2D eigenvalue weighted by Crippen LogP contribution is 2.19. The molecule has 3 heterocycles. The van der Waals surface area contributed by atoms with E-state index < -0.39 is 0 Å². The first-order valence-electron chi connectivity index (χ1n) is 7.69. The summed E-state index contributed by atoms with van der Waals surface area (Å²) in [6.45, 7) is 14.0. The number of aromatic nitrogens is 2. The molecule has 1 aliphatic heterocycles. The molecule has 4 heteroatoms. The van der Waals surface area contributed by atoms with Crippen LogP contribution in [0.4, 0.5) is 5.82 Å². The van der Waals surface area contributed by atoms with Gasteiger partial charge in [0.05, 0.1) is 6.20 Å². The first kappa shape index (κ1) is 14.9. The van der Waals surface area contributed by atoms with E-state index in [2.05, 4.69) is 51.4 Å². The van der Waals surface area contributed by atoms with Gasteiger partial charge in [-0.1, -0.05) is 26.8 Å². The summed E-state index contributed by atoms with van der Waals surface area (Å²) in [5, 5.41) is 0. The van der Waals surface area contributed by atoms with Crippen LogP contribution in [-0.2, 0) is 0 Å². The Morgan fingerprint density at radius 1 is 1.10 bits per heavy atom. The molecular formula is C16H26N4. The SMILES string of the molecule is CC.CCN1CCN(c2cnc3ccc(C)cn23)CC1. The summed E-state index contributed by atoms with van der Waals surface area (Å²) in [5.41, 5.74) is 2.31. The molecule has 0 amide bonds. The van der Waals surface area contributed by atoms with E-state index in [0.29, 0.717) is 0 Å². The lowest BCUT2D eigenvalue weighted by Gasteiger charge is -2.34. The van der Waals surface area contributed by atoms with Crippen LogP contribution < -0.4 is 4.90 Å². The maximum absolute atomic E-state index is 4.48. The minimum Gasteiger partial charge on any atom is -0.354 e. The second-order valence-electron chi connectivity index (χ2n) is 4.97. The van der Waals surface area contributed by atoms with Crippen molar-refractivity contribution in [1.82, 2.24) is 14.3 Å². The molecular weight excluding hydrogens is 248 g/mol. The lowest BCUT2D eigenvalue weighted by molar-refractivity contribution is 0.270. The maximum atomic E-state index is 4.48. The molecule has 110 valence electrons. The molecule has 0 N–H and O–H groups in total. The largest absolute Gasteiger partial charge is 0.354 e. The molecule has 0 aromatic carbocycles. The molecule has 0 aliphatic carbocycles. The van der Waals surface area contributed by atoms with Gasteiger partial charge in [-0.25, -0.2) is 4.98 Å². The van der Waals surface area contributed by atoms with Crippen LogP contribution in [0.3, 0.4) is 0 Å². The van der Waals surface area contributed by atoms with Gasteiger partial charge in [-0.3, -0.25) is 4.40 Å². The van der Waals surface area contributed by atoms with Crippen LogP contribution in [-0.4, -0.2) is 47.0 Å². The lowest BCUT2D eigenvalue weighted by Crippen LogP contribution is -2.46. The maximum Gasteiger partial charge on any atom is 0.138 e. The molecule has 1 aliphatic rings. The molecule has 0 unspecified atom stereocenters. The van der Waals surface area contributed by atoms with E-state index in [1.165, 1.54) is 11.4 Å². The Morgan fingerprint density at radius 2 is 1.80 bits per heavy atom. The predicted molar refractivity (Wildman–Crippen MR) is 85.6 cm³/mol. The Hall–Kier alpha value is -1.55. The third-order valence-corrected chi connectivity index (χ3v) is 3.78. The molecule has 2 aromatic heterocycles. The first-order chi connectivity index (χ1) is 9.78. The van der Waals surface area contributed by atoms with Gasteiger partial charge in [-0.15, -0.1) is 0 Å². The fraction of sp³-hybridized carbons (Fsp3) is 0.562. The predicted octanol–water partition coefficient (Wildman–Crippen LogP) is 2.81. The lowest BCUT2D eigenvalue weighted by atomic mass is 10.3. The highest BCUT2D eigenvalue weighted by atomic mass is 15.3. The molecule has 0 bridgehead atoms. The van der Waals surface area contributed by atoms with E-state index in [0.717, 1.165) is 38.4 Å². The van der Waals surface area contributed by atoms with Crippen molar-refractivity contribution >= 4 is 11.5 Å². The van der Waals surface area contributed by atoms with E-state index in [9.17, 15) is 0 Å². The molecule has 0 spiro atoms. The molecule has 0 radical (unpaired) electrons. The average molecular weight is 274 g/mol. The van der Waals surface area contributed by atoms with Crippen LogP contribution in [0.15, 0.2) is 24.5 Å². The summed E-state index contributed by atoms with van der Waals surface area (Å²) < 4.78 is 2.21. The van der Waals surface area contributed by atoms with Crippen molar-refractivity contribution in [2.24, 2.45) is 0 Å². The van der Waals surface area contributed by atoms with Crippen molar-refractivity contribution in [3.8, 4) is 0 Å². The number of hydrogen-bond donors (Lipinski definition) is 0. The quantitative estimate of drug-likeness (QED) is 0.841. The Bertz CT molecular complexity index is 538. The van der Waals surface area contributed by atoms with Crippen LogP contribution in [0, 0.1) is 6.92 Å². The number of aryl methyl sites for hydroxylation is 1. The van der Waals surface area contributed by atoms with Gasteiger partial charge in [0.1, 0.15) is 11.5 Å². The second-order valence-corrected chi connectivity index (χ2v) is 4.97. The monoisotopic (exact) mass is 274 g/mol. The number of likely N-dealkylation sites (N-methyl/N-ethyl adjacent to an activating group) is 1. The molecule has 20 heavy (non-hydrogen) atoms. The molecule has 0 saturated carbocycles. The fourth-order valence-electron chi connectivity index (χ4n) is 2.60. The number of imidazole rings is 1. The Balaban J connectivity index is 0.000000704. The number of hydrogen-bond acceptors (Lipinski definition) is 3. The summed E-state index contributed by atoms with van der Waals surface area (Å²) in [6.07, 6.45) is 4.17. The number of anilines is 1. The third-order valence-electron chi connectivity index (χ3n) is 3.78. The van der Waals surface area contributed by atoms with Crippen molar-refractivity contribution < 1.29 is 0 Å². The van der Waals surface area contributed by atoms with E-state index in [1.807, 2.05) is 20.0 Å². The van der Waals surface area contributed by atoms with Crippen molar-refractivity contribution in [1.29, 1.82) is 0 Å². The molecule has 2 aromatic rings. The van der Waals surface area contributed by atoms with Crippen molar-refractivity contribution in [3.05, 3.63) is 30.1 Å². The number of pyridine rings is 1. The minimum absolute atomic E-state index is 1.04. The zero-order valence-corrected chi connectivity index (χ0v) is 13.1. The Morgan fingerprint density at radius 3 is 2.45 bits per heavy atom. The van der Waals surface area contributed by atoms with Crippen molar-refractivity contribution in [3.63, 3.8) is 0 Å². The van der Waals surface area contributed by atoms with E-state index in [-0.39, 0.29) is 0 Å². The van der Waals surface area contributed by atoms with E-state index in [1.54, 1.807) is 0 Å². The van der Waals surface area contributed by atoms with Gasteiger partial charge < -0.3 is 9.80 Å². The summed E-state index contributed by atoms with van der Waals surface area (Å²) in [6, 6.07) is 4.20. The smallest absolute Gasteiger partial charge is 0.138 e. The van der Waals surface area contributed by atoms with Gasteiger partial charge in [0.25, 0.3) is 0 Å². The zero-order valence-electron chi connectivity index (χ0n) is 13.1. The zero-order chi connectivity index (χ0) is 14.5. The third kappa shape index (κ3) is 2.96. The summed E-state index contributed by atoms with van der Waals surface area (Å²) in [7, 11) is 0. The minimum atomic E-state index is 1.04. The Labute approximate surface area is 122 Å². The van der Waals surface area contributed by atoms with Gasteiger partial charge >= 0.3 is 0 Å². The van der Waals surface area contributed by atoms with E-state index >= 15 is 0 Å². The highest BCUT2D eigenvalue weighted by molar-refractivity contribution is 5.52. The summed E-state index contributed by atoms with van der Waals surface area (Å²) in [4.78, 5) is 9.41. The van der Waals surface area contributed by atoms with Gasteiger partial charge in [-0.05, 0) is 25.1 Å². The summed E-state index contributed by atoms with van der Waals surface area (Å²) >= 11 is 0. The van der Waals surface area contributed by atoms with Gasteiger partial charge in [0.15, 0.2) is 0 Å². The Kier molecular flexibility index (Phi) is 5.01. The van der Waals surface area contributed by atoms with Crippen LogP contribution in [0.1, 0.15) is 26.3 Å². The highest BCUT2D eigenvalue weighted by Gasteiger charge is 2.18. The van der Waals surface area contributed by atoms with Gasteiger partial charge in [-0.2, -0.15) is 0 Å². The topological polar surface area (TPSA) is 23.8 Å². The fourth-order valence-corrected chi connectivity index (χ4v) is 2.60. The average Bonchev–Trinajstić information content (AvgIpc) is 2.92. The molecule has 3 rings (SSSR count). The molecule has 1 saturated heterocycles. The first-order valence-corrected chi connectivity index (χ1v) is 7.69. The molecule has 1 fully saturated rings. The number of piperazine rings is 1. The molecule has 4 nitrogen and oxygen atoms in total. The van der Waals surface area contributed by atoms with E-state index in [4.69, 9.17) is 0 Å². The van der Waals surface area contributed by atoms with Crippen molar-refractivity contribution in [2.45, 2.75) is 27.7 Å². The van der Waals surface area contributed by atoms with Gasteiger partial charge in [0, 0.05) is 32.4 Å². The molecule has 0 atom stereocenters. The van der Waals surface area contributed by atoms with Crippen LogP contribution >= 0.6 is 0 Å². The van der Waals surface area contributed by atoms with Crippen molar-refractivity contribution in [2.75, 3.05) is 37.6 Å². The number of rotatable bonds is 2. The van der Waals surface area contributed by atoms with Crippen LogP contribution in [0.5, 0.6) is 0 Å². The van der Waals surface area contributed by atoms with Crippen LogP contribution in [0.2, 0.25) is 0 Å². The standard InChI is InChI=1S/C14H20N4.C2H6/c1-3-16-6-8-17(9-7-16)14-10-15-13-5-4-12(2)11-18(13)14;1-2/h4-5,10-11H,3,6-9H2,1-2H3;1-2H3. The number of fused-ring (bicyclic) bond motifs is 1. The second kappa shape index (κ2) is 6.75. The number of nitrogens with zero attached hydrogens (tertiary/aromatic N) is 4. The van der Waals surface area contributed by atoms with Gasteiger partial charge in [0.2, 0.25) is 0 Å². The summed E-state index contributed by atoms with van der Waals surface area (Å²) in [5.74, 6) is 1.23. The van der Waals surface area contributed by atoms with Crippen LogP contribution in [0.25, 0.3) is 5.65 Å².